The van der Waals surface area contributed by atoms with Crippen LogP contribution in [0.5, 0.6) is 0 Å². The number of halogens is 2. The summed E-state index contributed by atoms with van der Waals surface area (Å²) in [4.78, 5) is 0.899. The van der Waals surface area contributed by atoms with Gasteiger partial charge in [-0.1, -0.05) is 23.2 Å². The van der Waals surface area contributed by atoms with E-state index >= 15 is 0 Å². The molecule has 0 radical (unpaired) electrons. The van der Waals surface area contributed by atoms with Crippen LogP contribution >= 0.6 is 35.0 Å². The van der Waals surface area contributed by atoms with Crippen LogP contribution in [0.4, 0.5) is 5.69 Å². The van der Waals surface area contributed by atoms with E-state index in [0.29, 0.717) is 21.0 Å². The molecule has 0 amide bonds. The fraction of sp³-hybridized carbons (Fsp3) is 0.333. The third kappa shape index (κ3) is 2.11. The van der Waals surface area contributed by atoms with Crippen molar-refractivity contribution >= 4 is 40.7 Å². The molecule has 1 aliphatic rings. The van der Waals surface area contributed by atoms with Crippen molar-refractivity contribution in [3.8, 4) is 0 Å². The van der Waals surface area contributed by atoms with Crippen LogP contribution in [0.25, 0.3) is 0 Å². The van der Waals surface area contributed by atoms with E-state index in [2.05, 4.69) is 0 Å². The molecule has 0 spiro atoms. The Labute approximate surface area is 96.7 Å². The molecule has 1 saturated heterocycles. The van der Waals surface area contributed by atoms with Gasteiger partial charge in [-0.15, -0.1) is 11.8 Å². The molecule has 76 valence electrons. The lowest BCUT2D eigenvalue weighted by molar-refractivity contribution is 0.0455. The molecule has 1 heterocycles. The number of hydrogen-bond donors (Lipinski definition) is 1. The molecule has 2 nitrogen and oxygen atoms in total. The Morgan fingerprint density at radius 3 is 2.29 bits per heavy atom. The highest BCUT2D eigenvalue weighted by Gasteiger charge is 2.22. The first-order chi connectivity index (χ1) is 6.66. The number of hydrogen-bond acceptors (Lipinski definition) is 3. The molecular formula is C9H9Cl2NOS. The Balaban J connectivity index is 2.22. The van der Waals surface area contributed by atoms with E-state index in [1.807, 2.05) is 0 Å². The van der Waals surface area contributed by atoms with E-state index in [1.165, 1.54) is 0 Å². The number of anilines is 1. The Hall–Kier alpha value is -0.0900. The first kappa shape index (κ1) is 10.4. The van der Waals surface area contributed by atoms with Gasteiger partial charge in [0.25, 0.3) is 0 Å². The van der Waals surface area contributed by atoms with Gasteiger partial charge in [0.1, 0.15) is 0 Å². The lowest BCUT2D eigenvalue weighted by Gasteiger charge is -2.25. The van der Waals surface area contributed by atoms with Gasteiger partial charge in [0, 0.05) is 10.6 Å². The van der Waals surface area contributed by atoms with Crippen LogP contribution in [0, 0.1) is 0 Å². The summed E-state index contributed by atoms with van der Waals surface area (Å²) in [6.07, 6.45) is 0. The minimum absolute atomic E-state index is 0.466. The molecule has 0 unspecified atom stereocenters. The second kappa shape index (κ2) is 4.19. The van der Waals surface area contributed by atoms with E-state index in [0.717, 1.165) is 18.1 Å². The lowest BCUT2D eigenvalue weighted by atomic mass is 10.3. The van der Waals surface area contributed by atoms with Gasteiger partial charge in [0.05, 0.1) is 28.5 Å². The minimum Gasteiger partial charge on any atom is -0.399 e. The quantitative estimate of drug-likeness (QED) is 0.819. The number of rotatable bonds is 2. The van der Waals surface area contributed by atoms with Crippen molar-refractivity contribution in [3.05, 3.63) is 22.2 Å². The molecule has 0 saturated carbocycles. The summed E-state index contributed by atoms with van der Waals surface area (Å²) in [5.41, 5.74) is 6.19. The highest BCUT2D eigenvalue weighted by Crippen LogP contribution is 2.39. The number of nitrogen functional groups attached to an aromatic ring is 1. The van der Waals surface area contributed by atoms with Crippen LogP contribution in [-0.2, 0) is 4.74 Å². The van der Waals surface area contributed by atoms with E-state index in [9.17, 15) is 0 Å². The van der Waals surface area contributed by atoms with Crippen LogP contribution in [0.3, 0.4) is 0 Å². The number of nitrogens with two attached hydrogens (primary N) is 1. The van der Waals surface area contributed by atoms with Crippen LogP contribution < -0.4 is 5.73 Å². The normalized spacial score (nSPS) is 16.7. The Morgan fingerprint density at radius 1 is 1.29 bits per heavy atom. The van der Waals surface area contributed by atoms with Gasteiger partial charge in [0.15, 0.2) is 0 Å². The fourth-order valence-electron chi connectivity index (χ4n) is 1.14. The average molecular weight is 250 g/mol. The Bertz CT molecular complexity index is 332. The maximum absolute atomic E-state index is 6.03. The zero-order valence-electron chi connectivity index (χ0n) is 7.30. The zero-order chi connectivity index (χ0) is 10.1. The smallest absolute Gasteiger partial charge is 0.0611 e. The van der Waals surface area contributed by atoms with Gasteiger partial charge < -0.3 is 10.5 Å². The topological polar surface area (TPSA) is 35.2 Å². The van der Waals surface area contributed by atoms with E-state index in [4.69, 9.17) is 33.7 Å². The molecule has 14 heavy (non-hydrogen) atoms. The highest BCUT2D eigenvalue weighted by atomic mass is 35.5. The van der Waals surface area contributed by atoms with Crippen LogP contribution in [0.1, 0.15) is 0 Å². The summed E-state index contributed by atoms with van der Waals surface area (Å²) in [7, 11) is 0. The molecule has 1 fully saturated rings. The predicted molar refractivity (Wildman–Crippen MR) is 61.3 cm³/mol. The van der Waals surface area contributed by atoms with Crippen LogP contribution in [0.15, 0.2) is 17.0 Å². The second-order valence-electron chi connectivity index (χ2n) is 3.09. The van der Waals surface area contributed by atoms with Gasteiger partial charge in [0.2, 0.25) is 0 Å². The molecule has 2 rings (SSSR count). The SMILES string of the molecule is Nc1cc(Cl)c(SC2COC2)c(Cl)c1. The van der Waals surface area contributed by atoms with Crippen molar-refractivity contribution in [2.75, 3.05) is 18.9 Å². The van der Waals surface area contributed by atoms with Crippen LogP contribution in [0.2, 0.25) is 10.0 Å². The second-order valence-corrected chi connectivity index (χ2v) is 5.22. The first-order valence-electron chi connectivity index (χ1n) is 4.16. The molecule has 1 aliphatic heterocycles. The summed E-state index contributed by atoms with van der Waals surface area (Å²) >= 11 is 13.7. The number of ether oxygens (including phenoxy) is 1. The maximum Gasteiger partial charge on any atom is 0.0611 e. The minimum atomic E-state index is 0.466. The highest BCUT2D eigenvalue weighted by molar-refractivity contribution is 8.00. The van der Waals surface area contributed by atoms with Gasteiger partial charge in [-0.05, 0) is 12.1 Å². The van der Waals surface area contributed by atoms with Crippen molar-refractivity contribution in [2.45, 2.75) is 10.1 Å². The molecule has 0 atom stereocenters. The van der Waals surface area contributed by atoms with Crippen molar-refractivity contribution in [1.82, 2.24) is 0 Å². The van der Waals surface area contributed by atoms with Crippen molar-refractivity contribution in [2.24, 2.45) is 0 Å². The standard InChI is InChI=1S/C9H9Cl2NOS/c10-7-1-5(12)2-8(11)9(7)14-6-3-13-4-6/h1-2,6H,3-4,12H2. The van der Waals surface area contributed by atoms with Gasteiger partial charge in [-0.2, -0.15) is 0 Å². The zero-order valence-corrected chi connectivity index (χ0v) is 9.62. The summed E-state index contributed by atoms with van der Waals surface area (Å²) in [5, 5.41) is 1.70. The Morgan fingerprint density at radius 2 is 1.86 bits per heavy atom. The lowest BCUT2D eigenvalue weighted by Crippen LogP contribution is -2.30. The molecular weight excluding hydrogens is 241 g/mol. The van der Waals surface area contributed by atoms with Crippen molar-refractivity contribution < 1.29 is 4.74 Å². The molecule has 0 aromatic heterocycles. The van der Waals surface area contributed by atoms with Gasteiger partial charge >= 0.3 is 0 Å². The molecule has 2 N–H and O–H groups in total. The molecule has 1 aromatic carbocycles. The fourth-order valence-corrected chi connectivity index (χ4v) is 2.92. The van der Waals surface area contributed by atoms with Gasteiger partial charge in [-0.25, -0.2) is 0 Å². The summed E-state index contributed by atoms with van der Waals surface area (Å²) in [6, 6.07) is 3.44. The molecule has 5 heteroatoms. The molecule has 0 bridgehead atoms. The maximum atomic E-state index is 6.03. The van der Waals surface area contributed by atoms with Gasteiger partial charge in [-0.3, -0.25) is 0 Å². The summed E-state index contributed by atoms with van der Waals surface area (Å²) in [5.74, 6) is 0. The summed E-state index contributed by atoms with van der Waals surface area (Å²) < 4.78 is 5.08. The van der Waals surface area contributed by atoms with E-state index in [-0.39, 0.29) is 0 Å². The van der Waals surface area contributed by atoms with Crippen molar-refractivity contribution in [1.29, 1.82) is 0 Å². The predicted octanol–water partition coefficient (Wildman–Crippen LogP) is 3.07. The monoisotopic (exact) mass is 249 g/mol. The van der Waals surface area contributed by atoms with E-state index in [1.54, 1.807) is 23.9 Å². The average Bonchev–Trinajstić information content (AvgIpc) is 1.98. The van der Waals surface area contributed by atoms with Crippen molar-refractivity contribution in [3.63, 3.8) is 0 Å². The number of thioether (sulfide) groups is 1. The molecule has 0 aliphatic carbocycles. The third-order valence-electron chi connectivity index (χ3n) is 1.91. The third-order valence-corrected chi connectivity index (χ3v) is 4.01. The first-order valence-corrected chi connectivity index (χ1v) is 5.79. The molecule has 1 aromatic rings. The number of benzene rings is 1. The summed E-state index contributed by atoms with van der Waals surface area (Å²) in [6.45, 7) is 1.53. The Kier molecular flexibility index (Phi) is 3.12. The van der Waals surface area contributed by atoms with Crippen LogP contribution in [-0.4, -0.2) is 18.5 Å². The van der Waals surface area contributed by atoms with E-state index < -0.39 is 0 Å². The largest absolute Gasteiger partial charge is 0.399 e.